The van der Waals surface area contributed by atoms with Gasteiger partial charge in [0, 0.05) is 18.2 Å². The largest absolute Gasteiger partial charge is 0.378 e. The van der Waals surface area contributed by atoms with Crippen molar-refractivity contribution in [3.63, 3.8) is 0 Å². The number of aryl methyl sites for hydroxylation is 1. The zero-order valence-corrected chi connectivity index (χ0v) is 11.2. The van der Waals surface area contributed by atoms with E-state index in [0.717, 1.165) is 37.0 Å². The lowest BCUT2D eigenvalue weighted by Gasteiger charge is -2.27. The summed E-state index contributed by atoms with van der Waals surface area (Å²) in [5, 5.41) is 3.21. The highest BCUT2D eigenvalue weighted by Crippen LogP contribution is 2.26. The first-order chi connectivity index (χ1) is 8.70. The third-order valence-corrected chi connectivity index (χ3v) is 3.65. The second kappa shape index (κ2) is 6.30. The Bertz CT molecular complexity index is 388. The van der Waals surface area contributed by atoms with Gasteiger partial charge in [-0.15, -0.1) is 0 Å². The van der Waals surface area contributed by atoms with Gasteiger partial charge in [0.25, 0.3) is 0 Å². The van der Waals surface area contributed by atoms with Crippen LogP contribution in [-0.2, 0) is 4.74 Å². The van der Waals surface area contributed by atoms with Crippen LogP contribution in [0, 0.1) is 12.7 Å². The van der Waals surface area contributed by atoms with Crippen molar-refractivity contribution in [3.8, 4) is 0 Å². The third kappa shape index (κ3) is 3.30. The van der Waals surface area contributed by atoms with Crippen LogP contribution in [0.25, 0.3) is 0 Å². The highest BCUT2D eigenvalue weighted by atomic mass is 19.1. The highest BCUT2D eigenvalue weighted by molar-refractivity contribution is 5.27. The van der Waals surface area contributed by atoms with Crippen LogP contribution in [0.4, 0.5) is 4.39 Å². The van der Waals surface area contributed by atoms with Gasteiger partial charge in [0.15, 0.2) is 0 Å². The molecule has 100 valence electrons. The molecule has 0 radical (unpaired) electrons. The van der Waals surface area contributed by atoms with E-state index in [1.807, 2.05) is 26.1 Å². The van der Waals surface area contributed by atoms with Gasteiger partial charge in [-0.05, 0) is 45.7 Å². The molecular formula is C15H22FNO. The van der Waals surface area contributed by atoms with Gasteiger partial charge in [0.1, 0.15) is 5.82 Å². The van der Waals surface area contributed by atoms with E-state index in [-0.39, 0.29) is 18.0 Å². The smallest absolute Gasteiger partial charge is 0.127 e. The van der Waals surface area contributed by atoms with E-state index < -0.39 is 0 Å². The first-order valence-electron chi connectivity index (χ1n) is 6.75. The molecule has 1 aromatic carbocycles. The van der Waals surface area contributed by atoms with E-state index in [0.29, 0.717) is 0 Å². The lowest BCUT2D eigenvalue weighted by atomic mass is 9.95. The van der Waals surface area contributed by atoms with E-state index in [9.17, 15) is 4.39 Å². The maximum atomic E-state index is 13.9. The lowest BCUT2D eigenvalue weighted by Crippen LogP contribution is -2.27. The van der Waals surface area contributed by atoms with Gasteiger partial charge >= 0.3 is 0 Å². The Morgan fingerprint density at radius 3 is 2.94 bits per heavy atom. The van der Waals surface area contributed by atoms with Crippen LogP contribution in [0.2, 0.25) is 0 Å². The van der Waals surface area contributed by atoms with E-state index >= 15 is 0 Å². The molecule has 3 heteroatoms. The van der Waals surface area contributed by atoms with Gasteiger partial charge in [-0.3, -0.25) is 0 Å². The maximum absolute atomic E-state index is 13.9. The number of benzene rings is 1. The first-order valence-corrected chi connectivity index (χ1v) is 6.75. The molecule has 1 saturated heterocycles. The molecule has 1 aromatic rings. The average Bonchev–Trinajstić information content (AvgIpc) is 2.40. The Labute approximate surface area is 109 Å². The second-order valence-electron chi connectivity index (χ2n) is 5.09. The zero-order valence-electron chi connectivity index (χ0n) is 11.2. The molecule has 0 amide bonds. The fourth-order valence-electron chi connectivity index (χ4n) is 2.59. The Morgan fingerprint density at radius 1 is 1.44 bits per heavy atom. The average molecular weight is 251 g/mol. The molecule has 1 aliphatic heterocycles. The first kappa shape index (κ1) is 13.5. The number of hydrogen-bond acceptors (Lipinski definition) is 2. The van der Waals surface area contributed by atoms with Crippen molar-refractivity contribution < 1.29 is 9.13 Å². The predicted octanol–water partition coefficient (Wildman–Crippen LogP) is 3.35. The van der Waals surface area contributed by atoms with Crippen molar-refractivity contribution in [2.45, 2.75) is 44.8 Å². The van der Waals surface area contributed by atoms with Gasteiger partial charge in [-0.25, -0.2) is 4.39 Å². The van der Waals surface area contributed by atoms with E-state index in [1.165, 1.54) is 6.42 Å². The second-order valence-corrected chi connectivity index (χ2v) is 5.09. The minimum Gasteiger partial charge on any atom is -0.378 e. The molecule has 1 N–H and O–H groups in total. The monoisotopic (exact) mass is 251 g/mol. The molecule has 2 rings (SSSR count). The Hall–Kier alpha value is -0.930. The number of nitrogens with one attached hydrogen (secondary N) is 1. The van der Waals surface area contributed by atoms with Gasteiger partial charge in [-0.2, -0.15) is 0 Å². The quantitative estimate of drug-likeness (QED) is 0.886. The molecule has 0 aliphatic carbocycles. The van der Waals surface area contributed by atoms with Crippen molar-refractivity contribution in [3.05, 3.63) is 35.1 Å². The molecule has 0 aromatic heterocycles. The number of rotatable bonds is 4. The topological polar surface area (TPSA) is 21.3 Å². The summed E-state index contributed by atoms with van der Waals surface area (Å²) < 4.78 is 19.6. The Balaban J connectivity index is 2.09. The molecule has 18 heavy (non-hydrogen) atoms. The summed E-state index contributed by atoms with van der Waals surface area (Å²) in [6.45, 7) is 2.84. The van der Waals surface area contributed by atoms with Crippen molar-refractivity contribution >= 4 is 0 Å². The summed E-state index contributed by atoms with van der Waals surface area (Å²) in [5.41, 5.74) is 1.85. The van der Waals surface area contributed by atoms with Gasteiger partial charge in [-0.1, -0.05) is 17.7 Å². The Morgan fingerprint density at radius 2 is 2.28 bits per heavy atom. The summed E-state index contributed by atoms with van der Waals surface area (Å²) in [5.74, 6) is -0.129. The number of hydrogen-bond donors (Lipinski definition) is 1. The van der Waals surface area contributed by atoms with Gasteiger partial charge in [0.2, 0.25) is 0 Å². The zero-order chi connectivity index (χ0) is 13.0. The minimum atomic E-state index is -0.129. The SMILES string of the molecule is CNC(CC1CCCCO1)c1cc(C)ccc1F. The summed E-state index contributed by atoms with van der Waals surface area (Å²) in [7, 11) is 1.88. The van der Waals surface area contributed by atoms with E-state index in [4.69, 9.17) is 4.74 Å². The molecule has 0 saturated carbocycles. The number of halogens is 1. The molecule has 0 spiro atoms. The molecule has 2 atom stereocenters. The van der Waals surface area contributed by atoms with Crippen molar-refractivity contribution in [2.24, 2.45) is 0 Å². The molecule has 2 unspecified atom stereocenters. The van der Waals surface area contributed by atoms with Crippen LogP contribution in [-0.4, -0.2) is 19.8 Å². The van der Waals surface area contributed by atoms with Crippen LogP contribution in [0.3, 0.4) is 0 Å². The molecular weight excluding hydrogens is 229 g/mol. The fourth-order valence-corrected chi connectivity index (χ4v) is 2.59. The number of ether oxygens (including phenoxy) is 1. The van der Waals surface area contributed by atoms with E-state index in [1.54, 1.807) is 6.07 Å². The van der Waals surface area contributed by atoms with Gasteiger partial charge < -0.3 is 10.1 Å². The normalized spacial score (nSPS) is 21.8. The summed E-state index contributed by atoms with van der Waals surface area (Å²) >= 11 is 0. The highest BCUT2D eigenvalue weighted by Gasteiger charge is 2.21. The summed E-state index contributed by atoms with van der Waals surface area (Å²) in [6, 6.07) is 5.33. The fraction of sp³-hybridized carbons (Fsp3) is 0.600. The van der Waals surface area contributed by atoms with Gasteiger partial charge in [0.05, 0.1) is 6.10 Å². The molecule has 0 bridgehead atoms. The van der Waals surface area contributed by atoms with Crippen LogP contribution in [0.15, 0.2) is 18.2 Å². The van der Waals surface area contributed by atoms with Crippen LogP contribution in [0.5, 0.6) is 0 Å². The summed E-state index contributed by atoms with van der Waals surface area (Å²) in [4.78, 5) is 0. The molecule has 2 nitrogen and oxygen atoms in total. The molecule has 1 heterocycles. The standard InChI is InChI=1S/C15H22FNO/c1-11-6-7-14(16)13(9-11)15(17-2)10-12-5-3-4-8-18-12/h6-7,9,12,15,17H,3-5,8,10H2,1-2H3. The molecule has 1 aliphatic rings. The third-order valence-electron chi connectivity index (χ3n) is 3.65. The van der Waals surface area contributed by atoms with Crippen LogP contribution < -0.4 is 5.32 Å². The van der Waals surface area contributed by atoms with Crippen molar-refractivity contribution in [1.82, 2.24) is 5.32 Å². The van der Waals surface area contributed by atoms with Crippen LogP contribution >= 0.6 is 0 Å². The Kier molecular flexibility index (Phi) is 4.72. The maximum Gasteiger partial charge on any atom is 0.127 e. The molecule has 1 fully saturated rings. The van der Waals surface area contributed by atoms with Crippen molar-refractivity contribution in [1.29, 1.82) is 0 Å². The van der Waals surface area contributed by atoms with Crippen LogP contribution in [0.1, 0.15) is 42.9 Å². The van der Waals surface area contributed by atoms with Crippen molar-refractivity contribution in [2.75, 3.05) is 13.7 Å². The minimum absolute atomic E-state index is 0.0352. The predicted molar refractivity (Wildman–Crippen MR) is 71.1 cm³/mol. The van der Waals surface area contributed by atoms with E-state index in [2.05, 4.69) is 5.32 Å². The lowest BCUT2D eigenvalue weighted by molar-refractivity contribution is 0.00529. The summed E-state index contributed by atoms with van der Waals surface area (Å²) in [6.07, 6.45) is 4.57.